The van der Waals surface area contributed by atoms with Gasteiger partial charge in [-0.25, -0.2) is 14.4 Å². The number of carbonyl (C=O) groups is 1. The Morgan fingerprint density at radius 2 is 1.83 bits per heavy atom. The highest BCUT2D eigenvalue weighted by Gasteiger charge is 2.07. The summed E-state index contributed by atoms with van der Waals surface area (Å²) in [5.74, 6) is 0.534. The minimum atomic E-state index is -0.266. The summed E-state index contributed by atoms with van der Waals surface area (Å²) in [7, 11) is 0. The Labute approximate surface area is 135 Å². The van der Waals surface area contributed by atoms with Gasteiger partial charge in [0.1, 0.15) is 5.82 Å². The molecule has 1 heterocycles. The summed E-state index contributed by atoms with van der Waals surface area (Å²) in [6.45, 7) is 5.34. The van der Waals surface area contributed by atoms with Crippen LogP contribution in [0.3, 0.4) is 0 Å². The van der Waals surface area contributed by atoms with Crippen molar-refractivity contribution in [3.8, 4) is 0 Å². The fourth-order valence-electron chi connectivity index (χ4n) is 1.90. The third kappa shape index (κ3) is 5.65. The molecule has 2 rings (SSSR count). The standard InChI is InChI=1S/C17H21FN4O/c1-12(2)7-8-19-16(23)14-10-21-17(22-11-14)20-9-13-3-5-15(18)6-4-13/h3-6,10-12H,7-9H2,1-2H3,(H,19,23)(H,20,21,22). The Kier molecular flexibility index (Phi) is 6.02. The molecule has 5 nitrogen and oxygen atoms in total. The summed E-state index contributed by atoms with van der Waals surface area (Å²) < 4.78 is 12.8. The maximum atomic E-state index is 12.8. The van der Waals surface area contributed by atoms with E-state index < -0.39 is 0 Å². The minimum absolute atomic E-state index is 0.171. The lowest BCUT2D eigenvalue weighted by Gasteiger charge is -2.08. The molecule has 0 aliphatic carbocycles. The van der Waals surface area contributed by atoms with Crippen molar-refractivity contribution >= 4 is 11.9 Å². The predicted molar refractivity (Wildman–Crippen MR) is 87.5 cm³/mol. The first kappa shape index (κ1) is 16.9. The summed E-state index contributed by atoms with van der Waals surface area (Å²) in [6, 6.07) is 6.20. The highest BCUT2D eigenvalue weighted by Crippen LogP contribution is 2.06. The first-order valence-corrected chi connectivity index (χ1v) is 7.63. The van der Waals surface area contributed by atoms with E-state index in [1.54, 1.807) is 12.1 Å². The Balaban J connectivity index is 1.84. The highest BCUT2D eigenvalue weighted by molar-refractivity contribution is 5.93. The third-order valence-electron chi connectivity index (χ3n) is 3.29. The van der Waals surface area contributed by atoms with Gasteiger partial charge in [-0.05, 0) is 30.0 Å². The summed E-state index contributed by atoms with van der Waals surface area (Å²) >= 11 is 0. The molecule has 0 spiro atoms. The van der Waals surface area contributed by atoms with Crippen LogP contribution in [0, 0.1) is 11.7 Å². The van der Waals surface area contributed by atoms with E-state index in [9.17, 15) is 9.18 Å². The van der Waals surface area contributed by atoms with Crippen molar-refractivity contribution in [3.05, 3.63) is 53.6 Å². The summed E-state index contributed by atoms with van der Waals surface area (Å²) in [5.41, 5.74) is 1.35. The second kappa shape index (κ2) is 8.22. The molecule has 122 valence electrons. The zero-order valence-electron chi connectivity index (χ0n) is 13.3. The first-order chi connectivity index (χ1) is 11.0. The Bertz CT molecular complexity index is 626. The molecule has 0 aliphatic heterocycles. The molecule has 1 aromatic carbocycles. The van der Waals surface area contributed by atoms with Crippen LogP contribution in [-0.2, 0) is 6.54 Å². The van der Waals surface area contributed by atoms with Crippen LogP contribution in [0.5, 0.6) is 0 Å². The first-order valence-electron chi connectivity index (χ1n) is 7.63. The zero-order valence-corrected chi connectivity index (χ0v) is 13.3. The number of carbonyl (C=O) groups excluding carboxylic acids is 1. The van der Waals surface area contributed by atoms with Crippen LogP contribution in [0.4, 0.5) is 10.3 Å². The van der Waals surface area contributed by atoms with Crippen LogP contribution < -0.4 is 10.6 Å². The molecule has 0 unspecified atom stereocenters. The molecule has 6 heteroatoms. The van der Waals surface area contributed by atoms with Crippen LogP contribution in [0.15, 0.2) is 36.7 Å². The zero-order chi connectivity index (χ0) is 16.7. The van der Waals surface area contributed by atoms with E-state index in [0.29, 0.717) is 30.5 Å². The second-order valence-electron chi connectivity index (χ2n) is 5.71. The van der Waals surface area contributed by atoms with Crippen LogP contribution in [-0.4, -0.2) is 22.4 Å². The highest BCUT2D eigenvalue weighted by atomic mass is 19.1. The second-order valence-corrected chi connectivity index (χ2v) is 5.71. The molecule has 2 N–H and O–H groups in total. The van der Waals surface area contributed by atoms with Crippen LogP contribution in [0.1, 0.15) is 36.2 Å². The topological polar surface area (TPSA) is 66.9 Å². The van der Waals surface area contributed by atoms with Crippen LogP contribution in [0.2, 0.25) is 0 Å². The maximum absolute atomic E-state index is 12.8. The molecule has 2 aromatic rings. The van der Waals surface area contributed by atoms with Gasteiger partial charge in [-0.2, -0.15) is 0 Å². The molecule has 0 fully saturated rings. The monoisotopic (exact) mass is 316 g/mol. The molecular weight excluding hydrogens is 295 g/mol. The summed E-state index contributed by atoms with van der Waals surface area (Å²) in [4.78, 5) is 20.1. The van der Waals surface area contributed by atoms with Gasteiger partial charge >= 0.3 is 0 Å². The van der Waals surface area contributed by atoms with E-state index >= 15 is 0 Å². The summed E-state index contributed by atoms with van der Waals surface area (Å²) in [5, 5.41) is 5.87. The summed E-state index contributed by atoms with van der Waals surface area (Å²) in [6.07, 6.45) is 3.92. The Morgan fingerprint density at radius 3 is 2.43 bits per heavy atom. The van der Waals surface area contributed by atoms with Crippen molar-refractivity contribution in [2.24, 2.45) is 5.92 Å². The number of nitrogens with zero attached hydrogens (tertiary/aromatic N) is 2. The maximum Gasteiger partial charge on any atom is 0.254 e. The average molecular weight is 316 g/mol. The predicted octanol–water partition coefficient (Wildman–Crippen LogP) is 3.00. The van der Waals surface area contributed by atoms with Crippen molar-refractivity contribution in [1.29, 1.82) is 0 Å². The molecule has 0 saturated heterocycles. The number of hydrogen-bond donors (Lipinski definition) is 2. The van der Waals surface area contributed by atoms with Gasteiger partial charge in [0.05, 0.1) is 5.56 Å². The van der Waals surface area contributed by atoms with Gasteiger partial charge in [-0.3, -0.25) is 4.79 Å². The number of hydrogen-bond acceptors (Lipinski definition) is 4. The van der Waals surface area contributed by atoms with Gasteiger partial charge in [0.2, 0.25) is 5.95 Å². The van der Waals surface area contributed by atoms with E-state index in [1.807, 2.05) is 0 Å². The minimum Gasteiger partial charge on any atom is -0.352 e. The van der Waals surface area contributed by atoms with E-state index in [4.69, 9.17) is 0 Å². The number of benzene rings is 1. The van der Waals surface area contributed by atoms with Gasteiger partial charge in [0, 0.05) is 25.5 Å². The molecule has 0 bridgehead atoms. The molecule has 1 amide bonds. The van der Waals surface area contributed by atoms with Gasteiger partial charge in [0.15, 0.2) is 0 Å². The van der Waals surface area contributed by atoms with Crippen LogP contribution >= 0.6 is 0 Å². The number of halogens is 1. The lowest BCUT2D eigenvalue weighted by molar-refractivity contribution is 0.0951. The van der Waals surface area contributed by atoms with Gasteiger partial charge in [0.25, 0.3) is 5.91 Å². The Morgan fingerprint density at radius 1 is 1.17 bits per heavy atom. The number of nitrogens with one attached hydrogen (secondary N) is 2. The lowest BCUT2D eigenvalue weighted by Crippen LogP contribution is -2.25. The van der Waals surface area contributed by atoms with Crippen molar-refractivity contribution in [2.45, 2.75) is 26.8 Å². The van der Waals surface area contributed by atoms with Crippen molar-refractivity contribution < 1.29 is 9.18 Å². The molecule has 1 aromatic heterocycles. The average Bonchev–Trinajstić information content (AvgIpc) is 2.54. The van der Waals surface area contributed by atoms with Gasteiger partial charge in [-0.15, -0.1) is 0 Å². The van der Waals surface area contributed by atoms with Crippen molar-refractivity contribution in [3.63, 3.8) is 0 Å². The fraction of sp³-hybridized carbons (Fsp3) is 0.353. The van der Waals surface area contributed by atoms with Gasteiger partial charge in [-0.1, -0.05) is 26.0 Å². The molecule has 0 atom stereocenters. The number of anilines is 1. The van der Waals surface area contributed by atoms with Crippen molar-refractivity contribution in [1.82, 2.24) is 15.3 Å². The molecule has 0 saturated carbocycles. The fourth-order valence-corrected chi connectivity index (χ4v) is 1.90. The molecule has 0 aliphatic rings. The molecule has 23 heavy (non-hydrogen) atoms. The lowest BCUT2D eigenvalue weighted by atomic mass is 10.1. The Hall–Kier alpha value is -2.50. The third-order valence-corrected chi connectivity index (χ3v) is 3.29. The molecular formula is C17H21FN4O. The largest absolute Gasteiger partial charge is 0.352 e. The van der Waals surface area contributed by atoms with E-state index in [2.05, 4.69) is 34.4 Å². The van der Waals surface area contributed by atoms with E-state index in [0.717, 1.165) is 12.0 Å². The number of amides is 1. The van der Waals surface area contributed by atoms with Crippen LogP contribution in [0.25, 0.3) is 0 Å². The SMILES string of the molecule is CC(C)CCNC(=O)c1cnc(NCc2ccc(F)cc2)nc1. The van der Waals surface area contributed by atoms with E-state index in [-0.39, 0.29) is 11.7 Å². The quantitative estimate of drug-likeness (QED) is 0.824. The normalized spacial score (nSPS) is 10.6. The number of rotatable bonds is 7. The van der Waals surface area contributed by atoms with Crippen molar-refractivity contribution in [2.75, 3.05) is 11.9 Å². The smallest absolute Gasteiger partial charge is 0.254 e. The molecule has 0 radical (unpaired) electrons. The van der Waals surface area contributed by atoms with Gasteiger partial charge < -0.3 is 10.6 Å². The number of aromatic nitrogens is 2. The van der Waals surface area contributed by atoms with E-state index in [1.165, 1.54) is 24.5 Å².